The van der Waals surface area contributed by atoms with Gasteiger partial charge in [0.05, 0.1) is 6.61 Å². The Morgan fingerprint density at radius 2 is 2.00 bits per heavy atom. The highest BCUT2D eigenvalue weighted by Crippen LogP contribution is 2.22. The maximum absolute atomic E-state index is 5.55. The molecule has 0 heterocycles. The molecule has 0 spiro atoms. The van der Waals surface area contributed by atoms with E-state index in [9.17, 15) is 0 Å². The number of ether oxygens (including phenoxy) is 1. The lowest BCUT2D eigenvalue weighted by molar-refractivity contribution is 0.118. The molecule has 0 aliphatic rings. The molecule has 0 fully saturated rings. The minimum Gasteiger partial charge on any atom is -0.383 e. The van der Waals surface area contributed by atoms with E-state index in [0.29, 0.717) is 5.92 Å². The molecule has 0 aromatic heterocycles. The van der Waals surface area contributed by atoms with Gasteiger partial charge in [-0.3, -0.25) is 0 Å². The molecule has 102 valence electrons. The van der Waals surface area contributed by atoms with Crippen molar-refractivity contribution in [3.05, 3.63) is 23.8 Å². The maximum atomic E-state index is 5.55. The second-order valence-corrected chi connectivity index (χ2v) is 5.29. The van der Waals surface area contributed by atoms with Gasteiger partial charge in [-0.15, -0.1) is 0 Å². The summed E-state index contributed by atoms with van der Waals surface area (Å²) in [4.78, 5) is 2.13. The molecule has 0 saturated carbocycles. The summed E-state index contributed by atoms with van der Waals surface area (Å²) in [5.74, 6) is 0.602. The minimum atomic E-state index is 0.602. The van der Waals surface area contributed by atoms with Gasteiger partial charge in [-0.05, 0) is 30.5 Å². The molecule has 18 heavy (non-hydrogen) atoms. The van der Waals surface area contributed by atoms with Crippen molar-refractivity contribution in [1.29, 1.82) is 0 Å². The van der Waals surface area contributed by atoms with Gasteiger partial charge in [0, 0.05) is 38.6 Å². The highest BCUT2D eigenvalue weighted by molar-refractivity contribution is 5.61. The van der Waals surface area contributed by atoms with Crippen LogP contribution in [0, 0.1) is 12.8 Å². The number of hydrogen-bond acceptors (Lipinski definition) is 3. The lowest BCUT2D eigenvalue weighted by Crippen LogP contribution is -2.13. The SMILES string of the molecule is Cc1ccc(NCCOCC(C)C)cc1N(C)C. The number of rotatable bonds is 7. The number of aryl methyl sites for hydroxylation is 1. The van der Waals surface area contributed by atoms with Gasteiger partial charge in [0.15, 0.2) is 0 Å². The Bertz CT molecular complexity index is 362. The van der Waals surface area contributed by atoms with E-state index in [-0.39, 0.29) is 0 Å². The fraction of sp³-hybridized carbons (Fsp3) is 0.600. The molecule has 0 saturated heterocycles. The van der Waals surface area contributed by atoms with Crippen LogP contribution in [0.3, 0.4) is 0 Å². The van der Waals surface area contributed by atoms with E-state index < -0.39 is 0 Å². The lowest BCUT2D eigenvalue weighted by Gasteiger charge is -2.17. The summed E-state index contributed by atoms with van der Waals surface area (Å²) >= 11 is 0. The molecule has 0 atom stereocenters. The Morgan fingerprint density at radius 3 is 2.61 bits per heavy atom. The van der Waals surface area contributed by atoms with Crippen LogP contribution in [0.4, 0.5) is 11.4 Å². The first-order chi connectivity index (χ1) is 8.50. The highest BCUT2D eigenvalue weighted by atomic mass is 16.5. The molecule has 0 amide bonds. The van der Waals surface area contributed by atoms with Gasteiger partial charge in [-0.2, -0.15) is 0 Å². The van der Waals surface area contributed by atoms with Crippen LogP contribution in [0.1, 0.15) is 19.4 Å². The molecule has 1 aromatic carbocycles. The first-order valence-electron chi connectivity index (χ1n) is 6.60. The second-order valence-electron chi connectivity index (χ2n) is 5.29. The monoisotopic (exact) mass is 250 g/mol. The summed E-state index contributed by atoms with van der Waals surface area (Å²) in [6, 6.07) is 6.44. The molecular weight excluding hydrogens is 224 g/mol. The van der Waals surface area contributed by atoms with E-state index in [4.69, 9.17) is 4.74 Å². The van der Waals surface area contributed by atoms with Crippen LogP contribution in [0.25, 0.3) is 0 Å². The van der Waals surface area contributed by atoms with Crippen molar-refractivity contribution < 1.29 is 4.74 Å². The third kappa shape index (κ3) is 4.96. The first-order valence-corrected chi connectivity index (χ1v) is 6.60. The Hall–Kier alpha value is -1.22. The van der Waals surface area contributed by atoms with Crippen LogP contribution in [0.15, 0.2) is 18.2 Å². The summed E-state index contributed by atoms with van der Waals surface area (Å²) in [7, 11) is 4.13. The van der Waals surface area contributed by atoms with Gasteiger partial charge in [0.1, 0.15) is 0 Å². The number of anilines is 2. The number of nitrogens with zero attached hydrogens (tertiary/aromatic N) is 1. The zero-order valence-electron chi connectivity index (χ0n) is 12.3. The van der Waals surface area contributed by atoms with Crippen molar-refractivity contribution in [2.75, 3.05) is 44.1 Å². The Kier molecular flexibility index (Phi) is 5.99. The van der Waals surface area contributed by atoms with Crippen molar-refractivity contribution in [3.63, 3.8) is 0 Å². The fourth-order valence-corrected chi connectivity index (χ4v) is 1.79. The van der Waals surface area contributed by atoms with Crippen LogP contribution < -0.4 is 10.2 Å². The zero-order valence-corrected chi connectivity index (χ0v) is 12.3. The maximum Gasteiger partial charge on any atom is 0.0639 e. The Labute approximate surface area is 111 Å². The van der Waals surface area contributed by atoms with Gasteiger partial charge in [0.25, 0.3) is 0 Å². The van der Waals surface area contributed by atoms with E-state index >= 15 is 0 Å². The quantitative estimate of drug-likeness (QED) is 0.752. The van der Waals surface area contributed by atoms with Crippen LogP contribution in [-0.4, -0.2) is 33.9 Å². The summed E-state index contributed by atoms with van der Waals surface area (Å²) in [6.07, 6.45) is 0. The Balaban J connectivity index is 2.41. The summed E-state index contributed by atoms with van der Waals surface area (Å²) in [5.41, 5.74) is 3.70. The largest absolute Gasteiger partial charge is 0.383 e. The molecule has 0 aliphatic heterocycles. The van der Waals surface area contributed by atoms with Crippen molar-refractivity contribution in [1.82, 2.24) is 0 Å². The minimum absolute atomic E-state index is 0.602. The smallest absolute Gasteiger partial charge is 0.0639 e. The predicted molar refractivity (Wildman–Crippen MR) is 79.7 cm³/mol. The normalized spacial score (nSPS) is 10.8. The molecule has 0 radical (unpaired) electrons. The summed E-state index contributed by atoms with van der Waals surface area (Å²) in [6.45, 7) is 8.89. The van der Waals surface area contributed by atoms with E-state index in [1.165, 1.54) is 11.3 Å². The van der Waals surface area contributed by atoms with E-state index in [2.05, 4.69) is 63.3 Å². The zero-order chi connectivity index (χ0) is 13.5. The van der Waals surface area contributed by atoms with Crippen molar-refractivity contribution >= 4 is 11.4 Å². The molecule has 0 bridgehead atoms. The summed E-state index contributed by atoms with van der Waals surface area (Å²) < 4.78 is 5.55. The average Bonchev–Trinajstić information content (AvgIpc) is 2.30. The number of hydrogen-bond donors (Lipinski definition) is 1. The fourth-order valence-electron chi connectivity index (χ4n) is 1.79. The van der Waals surface area contributed by atoms with E-state index in [0.717, 1.165) is 25.4 Å². The van der Waals surface area contributed by atoms with Crippen LogP contribution >= 0.6 is 0 Å². The van der Waals surface area contributed by atoms with Crippen LogP contribution in [0.5, 0.6) is 0 Å². The molecule has 1 N–H and O–H groups in total. The predicted octanol–water partition coefficient (Wildman–Crippen LogP) is 3.15. The molecule has 0 unspecified atom stereocenters. The number of benzene rings is 1. The van der Waals surface area contributed by atoms with Gasteiger partial charge >= 0.3 is 0 Å². The van der Waals surface area contributed by atoms with Gasteiger partial charge in [-0.1, -0.05) is 19.9 Å². The molecular formula is C15H26N2O. The van der Waals surface area contributed by atoms with E-state index in [1.807, 2.05) is 0 Å². The molecule has 1 rings (SSSR count). The third-order valence-corrected chi connectivity index (χ3v) is 2.72. The van der Waals surface area contributed by atoms with Crippen molar-refractivity contribution in [2.24, 2.45) is 5.92 Å². The standard InChI is InChI=1S/C15H26N2O/c1-12(2)11-18-9-8-16-14-7-6-13(3)15(10-14)17(4)5/h6-7,10,12,16H,8-9,11H2,1-5H3. The Morgan fingerprint density at radius 1 is 1.28 bits per heavy atom. The van der Waals surface area contributed by atoms with Gasteiger partial charge in [-0.25, -0.2) is 0 Å². The molecule has 0 aliphatic carbocycles. The summed E-state index contributed by atoms with van der Waals surface area (Å²) in [5, 5.41) is 3.39. The van der Waals surface area contributed by atoms with Gasteiger partial charge < -0.3 is 15.0 Å². The molecule has 3 nitrogen and oxygen atoms in total. The first kappa shape index (κ1) is 14.8. The third-order valence-electron chi connectivity index (χ3n) is 2.72. The lowest BCUT2D eigenvalue weighted by atomic mass is 10.1. The van der Waals surface area contributed by atoms with Crippen molar-refractivity contribution in [3.8, 4) is 0 Å². The van der Waals surface area contributed by atoms with E-state index in [1.54, 1.807) is 0 Å². The topological polar surface area (TPSA) is 24.5 Å². The number of nitrogens with one attached hydrogen (secondary N) is 1. The van der Waals surface area contributed by atoms with Crippen molar-refractivity contribution in [2.45, 2.75) is 20.8 Å². The van der Waals surface area contributed by atoms with Gasteiger partial charge in [0.2, 0.25) is 0 Å². The second kappa shape index (κ2) is 7.27. The molecule has 3 heteroatoms. The van der Waals surface area contributed by atoms with Crippen LogP contribution in [0.2, 0.25) is 0 Å². The molecule has 1 aromatic rings. The van der Waals surface area contributed by atoms with Crippen LogP contribution in [-0.2, 0) is 4.74 Å². The highest BCUT2D eigenvalue weighted by Gasteiger charge is 2.02. The average molecular weight is 250 g/mol.